The van der Waals surface area contributed by atoms with Crippen LogP contribution in [0.1, 0.15) is 63.5 Å². The topological polar surface area (TPSA) is 68.2 Å². The third-order valence-corrected chi connectivity index (χ3v) is 6.38. The normalized spacial score (nSPS) is 27.1. The predicted molar refractivity (Wildman–Crippen MR) is 107 cm³/mol. The molecular formula is C22H33NO5. The van der Waals surface area contributed by atoms with Crippen LogP contribution in [0.25, 0.3) is 0 Å². The van der Waals surface area contributed by atoms with E-state index in [1.807, 2.05) is 24.0 Å². The van der Waals surface area contributed by atoms with Crippen molar-refractivity contribution in [1.29, 1.82) is 0 Å². The first-order valence-corrected chi connectivity index (χ1v) is 10.3. The third-order valence-electron chi connectivity index (χ3n) is 6.38. The first kappa shape index (κ1) is 20.8. The highest BCUT2D eigenvalue weighted by Crippen LogP contribution is 2.51. The van der Waals surface area contributed by atoms with Crippen LogP contribution in [-0.4, -0.2) is 49.4 Å². The number of aliphatic hydroxyl groups is 1. The van der Waals surface area contributed by atoms with Gasteiger partial charge in [0.15, 0.2) is 11.5 Å². The minimum absolute atomic E-state index is 0.0126. The summed E-state index contributed by atoms with van der Waals surface area (Å²) in [6, 6.07) is 3.67. The van der Waals surface area contributed by atoms with Gasteiger partial charge in [0.2, 0.25) is 11.7 Å². The molecule has 1 saturated carbocycles. The Balaban J connectivity index is 2.10. The average molecular weight is 392 g/mol. The van der Waals surface area contributed by atoms with Gasteiger partial charge in [-0.15, -0.1) is 0 Å². The van der Waals surface area contributed by atoms with Crippen molar-refractivity contribution in [3.63, 3.8) is 0 Å². The molecule has 1 saturated heterocycles. The maximum absolute atomic E-state index is 12.9. The van der Waals surface area contributed by atoms with Crippen molar-refractivity contribution in [2.45, 2.75) is 63.5 Å². The molecule has 0 aromatic heterocycles. The zero-order valence-electron chi connectivity index (χ0n) is 17.5. The van der Waals surface area contributed by atoms with Gasteiger partial charge in [-0.25, -0.2) is 0 Å². The number of rotatable bonds is 6. The zero-order chi connectivity index (χ0) is 20.3. The van der Waals surface area contributed by atoms with E-state index >= 15 is 0 Å². The number of carbonyl (C=O) groups is 1. The van der Waals surface area contributed by atoms with Crippen molar-refractivity contribution in [1.82, 2.24) is 4.90 Å². The number of hydrogen-bond donors (Lipinski definition) is 1. The fourth-order valence-electron chi connectivity index (χ4n) is 5.00. The number of likely N-dealkylation sites (tertiary alicyclic amines) is 1. The van der Waals surface area contributed by atoms with Gasteiger partial charge in [0, 0.05) is 18.9 Å². The molecular weight excluding hydrogens is 358 g/mol. The molecule has 1 aliphatic carbocycles. The summed E-state index contributed by atoms with van der Waals surface area (Å²) in [5.41, 5.74) is 0.218. The number of nitrogens with zero attached hydrogens (tertiary/aromatic N) is 1. The van der Waals surface area contributed by atoms with Crippen LogP contribution in [0.4, 0.5) is 0 Å². The van der Waals surface area contributed by atoms with E-state index in [1.54, 1.807) is 21.3 Å². The average Bonchev–Trinajstić information content (AvgIpc) is 2.71. The van der Waals surface area contributed by atoms with Crippen LogP contribution in [0.5, 0.6) is 17.2 Å². The first-order valence-electron chi connectivity index (χ1n) is 10.3. The van der Waals surface area contributed by atoms with Gasteiger partial charge in [-0.1, -0.05) is 19.8 Å². The molecule has 156 valence electrons. The fraction of sp³-hybridized carbons (Fsp3) is 0.682. The number of methoxy groups -OCH3 is 3. The Kier molecular flexibility index (Phi) is 6.38. The highest BCUT2D eigenvalue weighted by atomic mass is 16.5. The molecule has 0 unspecified atom stereocenters. The lowest BCUT2D eigenvalue weighted by atomic mass is 9.66. The molecule has 1 aromatic rings. The molecule has 1 aliphatic heterocycles. The molecule has 2 aliphatic rings. The lowest BCUT2D eigenvalue weighted by Crippen LogP contribution is -2.56. The fourth-order valence-corrected chi connectivity index (χ4v) is 5.00. The van der Waals surface area contributed by atoms with Crippen LogP contribution in [0.3, 0.4) is 0 Å². The maximum Gasteiger partial charge on any atom is 0.223 e. The number of benzene rings is 1. The molecule has 1 N–H and O–H groups in total. The summed E-state index contributed by atoms with van der Waals surface area (Å²) < 4.78 is 16.5. The summed E-state index contributed by atoms with van der Waals surface area (Å²) in [6.45, 7) is 2.60. The van der Waals surface area contributed by atoms with E-state index in [9.17, 15) is 9.90 Å². The molecule has 1 heterocycles. The SMILES string of the molecule is CCCC(=O)N1CC[C@]2(O)CCCC[C@@H]2[C@H]1c1cc(OC)c(OC)c(OC)c1. The second-order valence-electron chi connectivity index (χ2n) is 7.95. The summed E-state index contributed by atoms with van der Waals surface area (Å²) in [5.74, 6) is 1.84. The Morgan fingerprint density at radius 3 is 2.39 bits per heavy atom. The molecule has 3 atom stereocenters. The van der Waals surface area contributed by atoms with Crippen LogP contribution < -0.4 is 14.2 Å². The Bertz CT molecular complexity index is 681. The molecule has 28 heavy (non-hydrogen) atoms. The number of carbonyl (C=O) groups excluding carboxylic acids is 1. The second kappa shape index (κ2) is 8.60. The molecule has 0 spiro atoms. The highest BCUT2D eigenvalue weighted by Gasteiger charge is 2.50. The predicted octanol–water partition coefficient (Wildman–Crippen LogP) is 3.71. The smallest absolute Gasteiger partial charge is 0.223 e. The van der Waals surface area contributed by atoms with Gasteiger partial charge in [0.1, 0.15) is 0 Å². The van der Waals surface area contributed by atoms with Gasteiger partial charge < -0.3 is 24.2 Å². The second-order valence-corrected chi connectivity index (χ2v) is 7.95. The van der Waals surface area contributed by atoms with Gasteiger partial charge in [-0.05, 0) is 43.4 Å². The Morgan fingerprint density at radius 2 is 1.82 bits per heavy atom. The largest absolute Gasteiger partial charge is 0.493 e. The zero-order valence-corrected chi connectivity index (χ0v) is 17.5. The van der Waals surface area contributed by atoms with Crippen LogP contribution in [0, 0.1) is 5.92 Å². The van der Waals surface area contributed by atoms with Crippen LogP contribution >= 0.6 is 0 Å². The van der Waals surface area contributed by atoms with E-state index in [0.717, 1.165) is 37.7 Å². The van der Waals surface area contributed by atoms with Crippen molar-refractivity contribution in [2.75, 3.05) is 27.9 Å². The summed E-state index contributed by atoms with van der Waals surface area (Å²) in [6.07, 6.45) is 5.80. The van der Waals surface area contributed by atoms with Crippen molar-refractivity contribution in [3.8, 4) is 17.2 Å². The van der Waals surface area contributed by atoms with E-state index in [1.165, 1.54) is 0 Å². The lowest BCUT2D eigenvalue weighted by molar-refractivity contribution is -0.155. The summed E-state index contributed by atoms with van der Waals surface area (Å²) in [7, 11) is 4.77. The first-order chi connectivity index (χ1) is 13.5. The quantitative estimate of drug-likeness (QED) is 0.801. The van der Waals surface area contributed by atoms with Crippen LogP contribution in [-0.2, 0) is 4.79 Å². The van der Waals surface area contributed by atoms with E-state index in [2.05, 4.69) is 0 Å². The van der Waals surface area contributed by atoms with E-state index in [0.29, 0.717) is 36.6 Å². The number of amides is 1. The standard InChI is InChI=1S/C22H33NO5/c1-5-8-19(24)23-12-11-22(25)10-7-6-9-16(22)20(23)15-13-17(26-2)21(28-4)18(14-15)27-3/h13-14,16,20,25H,5-12H2,1-4H3/t16-,20-,22-/m1/s1. The van der Waals surface area contributed by atoms with Crippen LogP contribution in [0.2, 0.25) is 0 Å². The van der Waals surface area contributed by atoms with Crippen molar-refractivity contribution in [2.24, 2.45) is 5.92 Å². The van der Waals surface area contributed by atoms with Gasteiger partial charge >= 0.3 is 0 Å². The van der Waals surface area contributed by atoms with E-state index in [-0.39, 0.29) is 17.9 Å². The molecule has 0 radical (unpaired) electrons. The minimum Gasteiger partial charge on any atom is -0.493 e. The van der Waals surface area contributed by atoms with E-state index < -0.39 is 5.60 Å². The van der Waals surface area contributed by atoms with Crippen molar-refractivity contribution < 1.29 is 24.1 Å². The minimum atomic E-state index is -0.716. The highest BCUT2D eigenvalue weighted by molar-refractivity contribution is 5.77. The van der Waals surface area contributed by atoms with Gasteiger partial charge in [0.05, 0.1) is 33.0 Å². The monoisotopic (exact) mass is 391 g/mol. The Labute approximate surface area is 167 Å². The van der Waals surface area contributed by atoms with Crippen molar-refractivity contribution in [3.05, 3.63) is 17.7 Å². The molecule has 1 aromatic carbocycles. The molecule has 1 amide bonds. The molecule has 2 fully saturated rings. The maximum atomic E-state index is 12.9. The van der Waals surface area contributed by atoms with Gasteiger partial charge in [-0.2, -0.15) is 0 Å². The molecule has 6 heteroatoms. The van der Waals surface area contributed by atoms with E-state index in [4.69, 9.17) is 14.2 Å². The molecule has 3 rings (SSSR count). The molecule has 0 bridgehead atoms. The van der Waals surface area contributed by atoms with Gasteiger partial charge in [-0.3, -0.25) is 4.79 Å². The number of ether oxygens (including phenoxy) is 3. The Morgan fingerprint density at radius 1 is 1.14 bits per heavy atom. The third kappa shape index (κ3) is 3.66. The summed E-state index contributed by atoms with van der Waals surface area (Å²) in [4.78, 5) is 14.9. The lowest BCUT2D eigenvalue weighted by Gasteiger charge is -2.52. The number of hydrogen-bond acceptors (Lipinski definition) is 5. The number of piperidine rings is 1. The summed E-state index contributed by atoms with van der Waals surface area (Å²) in [5, 5.41) is 11.4. The molecule has 6 nitrogen and oxygen atoms in total. The van der Waals surface area contributed by atoms with Crippen molar-refractivity contribution >= 4 is 5.91 Å². The van der Waals surface area contributed by atoms with Crippen LogP contribution in [0.15, 0.2) is 12.1 Å². The number of fused-ring (bicyclic) bond motifs is 1. The Hall–Kier alpha value is -1.95. The van der Waals surface area contributed by atoms with Gasteiger partial charge in [0.25, 0.3) is 0 Å². The summed E-state index contributed by atoms with van der Waals surface area (Å²) >= 11 is 0.